The summed E-state index contributed by atoms with van der Waals surface area (Å²) in [6.07, 6.45) is 0. The van der Waals surface area contributed by atoms with E-state index < -0.39 is 5.97 Å². The number of carbonyl (C=O) groups is 1. The first-order valence-electron chi connectivity index (χ1n) is 9.57. The number of hydrogen-bond acceptors (Lipinski definition) is 4. The number of fused-ring (bicyclic) bond motifs is 1. The van der Waals surface area contributed by atoms with E-state index in [4.69, 9.17) is 4.74 Å². The van der Waals surface area contributed by atoms with Gasteiger partial charge in [-0.1, -0.05) is 51.1 Å². The van der Waals surface area contributed by atoms with E-state index in [1.165, 1.54) is 4.80 Å². The zero-order chi connectivity index (χ0) is 20.6. The van der Waals surface area contributed by atoms with E-state index in [0.29, 0.717) is 17.0 Å². The molecular formula is C24H23N3O2. The van der Waals surface area contributed by atoms with Crippen LogP contribution in [0.2, 0.25) is 0 Å². The van der Waals surface area contributed by atoms with Crippen molar-refractivity contribution in [1.29, 1.82) is 0 Å². The van der Waals surface area contributed by atoms with Gasteiger partial charge in [-0.2, -0.15) is 0 Å². The van der Waals surface area contributed by atoms with Gasteiger partial charge in [0, 0.05) is 0 Å². The van der Waals surface area contributed by atoms with Gasteiger partial charge in [0.05, 0.1) is 5.56 Å². The molecule has 0 atom stereocenters. The minimum atomic E-state index is -0.410. The molecule has 0 N–H and O–H groups in total. The molecule has 4 rings (SSSR count). The maximum absolute atomic E-state index is 12.7. The molecular weight excluding hydrogens is 362 g/mol. The van der Waals surface area contributed by atoms with Crippen molar-refractivity contribution in [1.82, 2.24) is 15.0 Å². The lowest BCUT2D eigenvalue weighted by Crippen LogP contribution is -2.14. The van der Waals surface area contributed by atoms with Crippen LogP contribution in [-0.4, -0.2) is 21.0 Å². The van der Waals surface area contributed by atoms with Gasteiger partial charge in [0.2, 0.25) is 0 Å². The van der Waals surface area contributed by atoms with Gasteiger partial charge in [-0.15, -0.1) is 15.0 Å². The Labute approximate surface area is 169 Å². The van der Waals surface area contributed by atoms with Gasteiger partial charge < -0.3 is 4.74 Å². The van der Waals surface area contributed by atoms with Crippen molar-refractivity contribution in [2.75, 3.05) is 0 Å². The summed E-state index contributed by atoms with van der Waals surface area (Å²) in [4.78, 5) is 14.3. The summed E-state index contributed by atoms with van der Waals surface area (Å²) in [6.45, 7) is 8.39. The van der Waals surface area contributed by atoms with Crippen LogP contribution in [0.25, 0.3) is 16.7 Å². The quantitative estimate of drug-likeness (QED) is 0.357. The Morgan fingerprint density at radius 1 is 0.897 bits per heavy atom. The average molecular weight is 385 g/mol. The number of hydrogen-bond donors (Lipinski definition) is 0. The van der Waals surface area contributed by atoms with Gasteiger partial charge in [-0.25, -0.2) is 4.79 Å². The van der Waals surface area contributed by atoms with Crippen LogP contribution in [0.15, 0.2) is 66.7 Å². The van der Waals surface area contributed by atoms with E-state index >= 15 is 0 Å². The first-order valence-corrected chi connectivity index (χ1v) is 9.57. The normalized spacial score (nSPS) is 11.6. The van der Waals surface area contributed by atoms with E-state index in [2.05, 4.69) is 31.0 Å². The Hall–Kier alpha value is -3.47. The summed E-state index contributed by atoms with van der Waals surface area (Å²) < 4.78 is 5.72. The van der Waals surface area contributed by atoms with Crippen molar-refractivity contribution in [2.24, 2.45) is 0 Å². The lowest BCUT2D eigenvalue weighted by molar-refractivity contribution is 0.0734. The van der Waals surface area contributed by atoms with E-state index in [1.54, 1.807) is 18.2 Å². The number of rotatable bonds is 3. The maximum atomic E-state index is 12.7. The second-order valence-corrected chi connectivity index (χ2v) is 8.17. The Balaban J connectivity index is 1.66. The number of benzene rings is 3. The zero-order valence-corrected chi connectivity index (χ0v) is 17.0. The van der Waals surface area contributed by atoms with Crippen molar-refractivity contribution in [3.8, 4) is 11.4 Å². The van der Waals surface area contributed by atoms with E-state index in [1.807, 2.05) is 55.5 Å². The number of carbonyl (C=O) groups excluding carboxylic acids is 1. The van der Waals surface area contributed by atoms with Gasteiger partial charge in [-0.05, 0) is 59.9 Å². The van der Waals surface area contributed by atoms with Gasteiger partial charge in [0.1, 0.15) is 16.7 Å². The number of esters is 1. The van der Waals surface area contributed by atoms with Gasteiger partial charge in [0.15, 0.2) is 5.75 Å². The smallest absolute Gasteiger partial charge is 0.343 e. The minimum absolute atomic E-state index is 0.0281. The van der Waals surface area contributed by atoms with Crippen LogP contribution in [0.1, 0.15) is 42.3 Å². The van der Waals surface area contributed by atoms with Gasteiger partial charge in [0.25, 0.3) is 0 Å². The minimum Gasteiger partial charge on any atom is -0.421 e. The van der Waals surface area contributed by atoms with E-state index in [0.717, 1.165) is 22.2 Å². The third-order valence-corrected chi connectivity index (χ3v) is 4.81. The van der Waals surface area contributed by atoms with Crippen LogP contribution in [0.5, 0.6) is 5.75 Å². The summed E-state index contributed by atoms with van der Waals surface area (Å²) in [5.74, 6) is 0.00748. The third-order valence-electron chi connectivity index (χ3n) is 4.81. The summed E-state index contributed by atoms with van der Waals surface area (Å²) in [6, 6.07) is 20.8. The van der Waals surface area contributed by atoms with Gasteiger partial charge in [-0.3, -0.25) is 0 Å². The van der Waals surface area contributed by atoms with E-state index in [-0.39, 0.29) is 5.41 Å². The predicted octanol–water partition coefficient (Wildman–Crippen LogP) is 5.25. The Morgan fingerprint density at radius 3 is 2.10 bits per heavy atom. The summed E-state index contributed by atoms with van der Waals surface area (Å²) in [5.41, 5.74) is 4.91. The van der Waals surface area contributed by atoms with Gasteiger partial charge >= 0.3 is 5.97 Å². The lowest BCUT2D eigenvalue weighted by atomic mass is 9.87. The molecule has 3 aromatic carbocycles. The van der Waals surface area contributed by atoms with Crippen LogP contribution >= 0.6 is 0 Å². The molecule has 0 aliphatic heterocycles. The molecule has 5 heteroatoms. The second-order valence-electron chi connectivity index (χ2n) is 8.17. The third kappa shape index (κ3) is 3.90. The highest BCUT2D eigenvalue weighted by molar-refractivity contribution is 5.91. The SMILES string of the molecule is Cc1ccc(OC(=O)c2ccc(C(C)(C)C)cc2)c(-n2nc3ccccc3n2)c1. The van der Waals surface area contributed by atoms with Crippen molar-refractivity contribution in [3.05, 3.63) is 83.4 Å². The molecule has 0 aliphatic rings. The summed E-state index contributed by atoms with van der Waals surface area (Å²) in [7, 11) is 0. The highest BCUT2D eigenvalue weighted by Crippen LogP contribution is 2.26. The topological polar surface area (TPSA) is 57.0 Å². The zero-order valence-electron chi connectivity index (χ0n) is 17.0. The maximum Gasteiger partial charge on any atom is 0.343 e. The molecule has 0 fully saturated rings. The van der Waals surface area contributed by atoms with Crippen molar-refractivity contribution in [3.63, 3.8) is 0 Å². The number of aryl methyl sites for hydroxylation is 1. The van der Waals surface area contributed by atoms with Crippen LogP contribution in [0, 0.1) is 6.92 Å². The highest BCUT2D eigenvalue weighted by atomic mass is 16.5. The molecule has 29 heavy (non-hydrogen) atoms. The number of aromatic nitrogens is 3. The molecule has 0 bridgehead atoms. The molecule has 0 unspecified atom stereocenters. The van der Waals surface area contributed by atoms with Crippen molar-refractivity contribution in [2.45, 2.75) is 33.1 Å². The second kappa shape index (κ2) is 7.17. The predicted molar refractivity (Wildman–Crippen MR) is 114 cm³/mol. The molecule has 1 aromatic heterocycles. The fraction of sp³-hybridized carbons (Fsp3) is 0.208. The fourth-order valence-electron chi connectivity index (χ4n) is 3.10. The van der Waals surface area contributed by atoms with Crippen molar-refractivity contribution >= 4 is 17.0 Å². The lowest BCUT2D eigenvalue weighted by Gasteiger charge is -2.19. The van der Waals surface area contributed by atoms with Crippen LogP contribution in [-0.2, 0) is 5.41 Å². The Kier molecular flexibility index (Phi) is 4.66. The Bertz CT molecular complexity index is 1150. The average Bonchev–Trinajstić information content (AvgIpc) is 3.13. The number of nitrogens with zero attached hydrogens (tertiary/aromatic N) is 3. The summed E-state index contributed by atoms with van der Waals surface area (Å²) in [5, 5.41) is 9.04. The standard InChI is InChI=1S/C24H23N3O2/c1-16-9-14-22(21(15-16)27-25-19-7-5-6-8-20(19)26-27)29-23(28)17-10-12-18(13-11-17)24(2,3)4/h5-15H,1-4H3. The fourth-order valence-corrected chi connectivity index (χ4v) is 3.10. The largest absolute Gasteiger partial charge is 0.421 e. The molecule has 1 heterocycles. The molecule has 0 amide bonds. The first-order chi connectivity index (χ1) is 13.8. The molecule has 146 valence electrons. The Morgan fingerprint density at radius 2 is 1.52 bits per heavy atom. The molecule has 5 nitrogen and oxygen atoms in total. The van der Waals surface area contributed by atoms with Crippen LogP contribution < -0.4 is 4.74 Å². The molecule has 4 aromatic rings. The molecule has 0 spiro atoms. The monoisotopic (exact) mass is 385 g/mol. The highest BCUT2D eigenvalue weighted by Gasteiger charge is 2.17. The first kappa shape index (κ1) is 18.9. The summed E-state index contributed by atoms with van der Waals surface area (Å²) >= 11 is 0. The molecule has 0 saturated heterocycles. The van der Waals surface area contributed by atoms with Crippen LogP contribution in [0.4, 0.5) is 0 Å². The molecule has 0 radical (unpaired) electrons. The number of ether oxygens (including phenoxy) is 1. The van der Waals surface area contributed by atoms with E-state index in [9.17, 15) is 4.79 Å². The molecule has 0 saturated carbocycles. The molecule has 0 aliphatic carbocycles. The van der Waals surface area contributed by atoms with Crippen molar-refractivity contribution < 1.29 is 9.53 Å². The van der Waals surface area contributed by atoms with Crippen LogP contribution in [0.3, 0.4) is 0 Å².